The summed E-state index contributed by atoms with van der Waals surface area (Å²) in [6.07, 6.45) is 1.49. The average Bonchev–Trinajstić information content (AvgIpc) is 2.70. The highest BCUT2D eigenvalue weighted by atomic mass is 32.2. The van der Waals surface area contributed by atoms with Gasteiger partial charge >= 0.3 is 0 Å². The number of hydrogen-bond acceptors (Lipinski definition) is 7. The Labute approximate surface area is 172 Å². The molecular formula is C20H16N4O5S. The first-order chi connectivity index (χ1) is 14.2. The van der Waals surface area contributed by atoms with Gasteiger partial charge in [-0.25, -0.2) is 13.4 Å². The van der Waals surface area contributed by atoms with Gasteiger partial charge in [0.25, 0.3) is 15.7 Å². The van der Waals surface area contributed by atoms with Crippen molar-refractivity contribution in [1.82, 2.24) is 4.98 Å². The summed E-state index contributed by atoms with van der Waals surface area (Å²) >= 11 is 0. The predicted molar refractivity (Wildman–Crippen MR) is 109 cm³/mol. The number of nitrogens with zero attached hydrogens (tertiary/aromatic N) is 3. The first-order valence-electron chi connectivity index (χ1n) is 8.63. The largest absolute Gasteiger partial charge is 0.438 e. The van der Waals surface area contributed by atoms with Gasteiger partial charge in [-0.15, -0.1) is 0 Å². The normalized spacial score (nSPS) is 10.8. The Bertz CT molecular complexity index is 1280. The van der Waals surface area contributed by atoms with Crippen LogP contribution in [-0.2, 0) is 10.0 Å². The Morgan fingerprint density at radius 3 is 2.57 bits per heavy atom. The number of aromatic nitrogens is 1. The molecule has 0 bridgehead atoms. The Balaban J connectivity index is 1.92. The first-order valence-corrected chi connectivity index (χ1v) is 10.1. The zero-order chi connectivity index (χ0) is 21.9. The van der Waals surface area contributed by atoms with Gasteiger partial charge in [-0.05, 0) is 55.3 Å². The van der Waals surface area contributed by atoms with E-state index >= 15 is 0 Å². The van der Waals surface area contributed by atoms with Crippen molar-refractivity contribution in [2.45, 2.75) is 18.7 Å². The average molecular weight is 424 g/mol. The molecule has 0 unspecified atom stereocenters. The summed E-state index contributed by atoms with van der Waals surface area (Å²) in [5, 5.41) is 20.4. The number of hydrogen-bond donors (Lipinski definition) is 1. The molecule has 3 aromatic rings. The minimum absolute atomic E-state index is 0.128. The summed E-state index contributed by atoms with van der Waals surface area (Å²) in [5.74, 6) is 0.482. The quantitative estimate of drug-likeness (QED) is 0.465. The number of pyridine rings is 1. The van der Waals surface area contributed by atoms with Crippen molar-refractivity contribution in [2.24, 2.45) is 0 Å². The summed E-state index contributed by atoms with van der Waals surface area (Å²) < 4.78 is 33.8. The fraction of sp³-hybridized carbons (Fsp3) is 0.100. The van der Waals surface area contributed by atoms with Gasteiger partial charge in [0.15, 0.2) is 4.90 Å². The minimum Gasteiger partial charge on any atom is -0.438 e. The third-order valence-corrected chi connectivity index (χ3v) is 5.76. The lowest BCUT2D eigenvalue weighted by Crippen LogP contribution is -2.16. The van der Waals surface area contributed by atoms with Gasteiger partial charge in [0.05, 0.1) is 10.6 Å². The SMILES string of the molecule is Cc1cc(Oc2ncccc2C#N)ccc1NS(=O)(=O)c1c(C)cccc1[N+](=O)[O-]. The minimum atomic E-state index is -4.21. The van der Waals surface area contributed by atoms with Crippen LogP contribution in [0.4, 0.5) is 11.4 Å². The van der Waals surface area contributed by atoms with E-state index in [4.69, 9.17) is 10.00 Å². The molecule has 1 heterocycles. The van der Waals surface area contributed by atoms with Gasteiger partial charge in [-0.3, -0.25) is 14.8 Å². The Morgan fingerprint density at radius 2 is 1.90 bits per heavy atom. The molecule has 152 valence electrons. The van der Waals surface area contributed by atoms with Crippen molar-refractivity contribution < 1.29 is 18.1 Å². The highest BCUT2D eigenvalue weighted by molar-refractivity contribution is 7.93. The van der Waals surface area contributed by atoms with E-state index in [1.165, 1.54) is 37.4 Å². The Hall–Kier alpha value is -3.97. The maximum atomic E-state index is 12.9. The topological polar surface area (TPSA) is 135 Å². The van der Waals surface area contributed by atoms with E-state index in [9.17, 15) is 18.5 Å². The van der Waals surface area contributed by atoms with E-state index in [0.29, 0.717) is 11.3 Å². The maximum Gasteiger partial charge on any atom is 0.290 e. The van der Waals surface area contributed by atoms with Crippen LogP contribution in [0.5, 0.6) is 11.6 Å². The highest BCUT2D eigenvalue weighted by Gasteiger charge is 2.28. The lowest BCUT2D eigenvalue weighted by molar-refractivity contribution is -0.387. The molecule has 30 heavy (non-hydrogen) atoms. The number of nitriles is 1. The molecule has 0 atom stereocenters. The summed E-state index contributed by atoms with van der Waals surface area (Å²) in [6, 6.07) is 13.8. The number of aryl methyl sites for hydroxylation is 2. The second-order valence-electron chi connectivity index (χ2n) is 6.33. The summed E-state index contributed by atoms with van der Waals surface area (Å²) in [4.78, 5) is 14.2. The van der Waals surface area contributed by atoms with Crippen LogP contribution in [0.25, 0.3) is 0 Å². The fourth-order valence-electron chi connectivity index (χ4n) is 2.81. The van der Waals surface area contributed by atoms with Crippen LogP contribution in [0.3, 0.4) is 0 Å². The molecule has 1 N–H and O–H groups in total. The van der Waals surface area contributed by atoms with Crippen molar-refractivity contribution in [3.8, 4) is 17.7 Å². The molecular weight excluding hydrogens is 408 g/mol. The zero-order valence-electron chi connectivity index (χ0n) is 16.0. The molecule has 0 radical (unpaired) electrons. The molecule has 9 nitrogen and oxygen atoms in total. The molecule has 0 amide bonds. The molecule has 1 aromatic heterocycles. The van der Waals surface area contributed by atoms with Crippen molar-refractivity contribution in [2.75, 3.05) is 4.72 Å². The number of benzene rings is 2. The van der Waals surface area contributed by atoms with Gasteiger partial charge in [-0.2, -0.15) is 5.26 Å². The highest BCUT2D eigenvalue weighted by Crippen LogP contribution is 2.31. The van der Waals surface area contributed by atoms with Crippen molar-refractivity contribution >= 4 is 21.4 Å². The summed E-state index contributed by atoms with van der Waals surface area (Å²) in [6.45, 7) is 3.14. The van der Waals surface area contributed by atoms with Crippen LogP contribution in [0.2, 0.25) is 0 Å². The standard InChI is InChI=1S/C20H16N4O5S/c1-13-5-3-7-18(24(25)26)19(13)30(27,28)23-17-9-8-16(11-14(17)2)29-20-15(12-21)6-4-10-22-20/h3-11,23H,1-2H3. The molecule has 0 aliphatic heterocycles. The third kappa shape index (κ3) is 4.21. The maximum absolute atomic E-state index is 12.9. The lowest BCUT2D eigenvalue weighted by Gasteiger charge is -2.14. The van der Waals surface area contributed by atoms with E-state index < -0.39 is 20.6 Å². The fourth-order valence-corrected chi connectivity index (χ4v) is 4.34. The van der Waals surface area contributed by atoms with Crippen LogP contribution in [0.1, 0.15) is 16.7 Å². The predicted octanol–water partition coefficient (Wildman–Crippen LogP) is 4.07. The van der Waals surface area contributed by atoms with Crippen molar-refractivity contribution in [3.63, 3.8) is 0 Å². The number of nitro groups is 1. The smallest absolute Gasteiger partial charge is 0.290 e. The number of rotatable bonds is 6. The van der Waals surface area contributed by atoms with E-state index in [2.05, 4.69) is 9.71 Å². The van der Waals surface area contributed by atoms with E-state index in [1.807, 2.05) is 6.07 Å². The molecule has 0 aliphatic carbocycles. The second-order valence-corrected chi connectivity index (χ2v) is 7.95. The van der Waals surface area contributed by atoms with Gasteiger partial charge < -0.3 is 4.74 Å². The third-order valence-electron chi connectivity index (χ3n) is 4.20. The van der Waals surface area contributed by atoms with E-state index in [1.54, 1.807) is 25.1 Å². The second kappa shape index (κ2) is 8.18. The molecule has 2 aromatic carbocycles. The lowest BCUT2D eigenvalue weighted by atomic mass is 10.2. The zero-order valence-corrected chi connectivity index (χ0v) is 16.8. The van der Waals surface area contributed by atoms with Gasteiger partial charge in [0, 0.05) is 12.3 Å². The number of nitro benzene ring substituents is 1. The Kier molecular flexibility index (Phi) is 5.66. The number of nitrogens with one attached hydrogen (secondary N) is 1. The van der Waals surface area contributed by atoms with Crippen molar-refractivity contribution in [3.05, 3.63) is 81.5 Å². The first kappa shape index (κ1) is 20.8. The van der Waals surface area contributed by atoms with Gasteiger partial charge in [0.2, 0.25) is 5.88 Å². The summed E-state index contributed by atoms with van der Waals surface area (Å²) in [5.41, 5.74) is 0.766. The van der Waals surface area contributed by atoms with Crippen LogP contribution in [0.15, 0.2) is 59.6 Å². The number of ether oxygens (including phenoxy) is 1. The number of anilines is 1. The molecule has 0 fully saturated rings. The Morgan fingerprint density at radius 1 is 1.13 bits per heavy atom. The van der Waals surface area contributed by atoms with Crippen LogP contribution >= 0.6 is 0 Å². The van der Waals surface area contributed by atoms with E-state index in [0.717, 1.165) is 6.07 Å². The molecule has 0 saturated carbocycles. The van der Waals surface area contributed by atoms with Gasteiger partial charge in [0.1, 0.15) is 17.4 Å². The molecule has 0 aliphatic rings. The molecule has 0 saturated heterocycles. The molecule has 3 rings (SSSR count). The molecule has 0 spiro atoms. The van der Waals surface area contributed by atoms with Crippen molar-refractivity contribution in [1.29, 1.82) is 5.26 Å². The molecule has 10 heteroatoms. The summed E-state index contributed by atoms with van der Waals surface area (Å²) in [7, 11) is -4.21. The van der Waals surface area contributed by atoms with Gasteiger partial charge in [-0.1, -0.05) is 12.1 Å². The monoisotopic (exact) mass is 424 g/mol. The van der Waals surface area contributed by atoms with E-state index in [-0.39, 0.29) is 27.6 Å². The van der Waals surface area contributed by atoms with Crippen LogP contribution in [0, 0.1) is 35.3 Å². The van der Waals surface area contributed by atoms with Crippen LogP contribution in [-0.4, -0.2) is 18.3 Å². The van der Waals surface area contributed by atoms with Crippen LogP contribution < -0.4 is 9.46 Å². The number of sulfonamides is 1.